The topological polar surface area (TPSA) is 32.9 Å². The van der Waals surface area contributed by atoms with Crippen LogP contribution in [0.3, 0.4) is 0 Å². The molecule has 3 aromatic carbocycles. The highest BCUT2D eigenvalue weighted by Gasteiger charge is 2.07. The third kappa shape index (κ3) is 2.55. The highest BCUT2D eigenvalue weighted by Crippen LogP contribution is 2.26. The Balaban J connectivity index is 1.70. The van der Waals surface area contributed by atoms with E-state index in [0.717, 1.165) is 22.0 Å². The van der Waals surface area contributed by atoms with Crippen molar-refractivity contribution in [3.05, 3.63) is 90.0 Å². The minimum atomic E-state index is 0.00871. The lowest BCUT2D eigenvalue weighted by Gasteiger charge is -1.97. The molecule has 110 valence electrons. The van der Waals surface area contributed by atoms with Gasteiger partial charge >= 0.3 is 0 Å². The Kier molecular flexibility index (Phi) is 3.28. The van der Waals surface area contributed by atoms with Crippen molar-refractivity contribution in [2.75, 3.05) is 0 Å². The minimum absolute atomic E-state index is 0.00871. The molecule has 1 heterocycles. The summed E-state index contributed by atoms with van der Waals surface area (Å²) in [4.78, 5) is 15.7. The number of allylic oxidation sites excluding steroid dienone is 1. The van der Waals surface area contributed by atoms with Crippen LogP contribution in [-0.4, -0.2) is 10.8 Å². The lowest BCUT2D eigenvalue weighted by Crippen LogP contribution is -1.93. The van der Waals surface area contributed by atoms with Crippen LogP contribution in [0.1, 0.15) is 15.9 Å². The molecule has 0 saturated heterocycles. The lowest BCUT2D eigenvalue weighted by atomic mass is 10.1. The van der Waals surface area contributed by atoms with Gasteiger partial charge in [-0.1, -0.05) is 66.7 Å². The van der Waals surface area contributed by atoms with Gasteiger partial charge in [0.05, 0.1) is 0 Å². The molecule has 4 aromatic rings. The quantitative estimate of drug-likeness (QED) is 0.408. The Morgan fingerprint density at radius 3 is 2.39 bits per heavy atom. The van der Waals surface area contributed by atoms with Gasteiger partial charge in [0.1, 0.15) is 0 Å². The summed E-state index contributed by atoms with van der Waals surface area (Å²) in [5, 5.41) is 2.32. The van der Waals surface area contributed by atoms with Crippen LogP contribution in [0.25, 0.3) is 27.9 Å². The summed E-state index contributed by atoms with van der Waals surface area (Å²) >= 11 is 0. The van der Waals surface area contributed by atoms with Crippen molar-refractivity contribution in [3.63, 3.8) is 0 Å². The molecular weight excluding hydrogens is 282 g/mol. The van der Waals surface area contributed by atoms with Crippen molar-refractivity contribution in [3.8, 4) is 0 Å². The van der Waals surface area contributed by atoms with Crippen LogP contribution >= 0.6 is 0 Å². The van der Waals surface area contributed by atoms with Crippen molar-refractivity contribution in [2.24, 2.45) is 0 Å². The minimum Gasteiger partial charge on any atom is -0.354 e. The van der Waals surface area contributed by atoms with Gasteiger partial charge in [-0.15, -0.1) is 0 Å². The molecule has 0 amide bonds. The third-order valence-corrected chi connectivity index (χ3v) is 4.02. The molecule has 4 rings (SSSR count). The number of benzene rings is 3. The smallest absolute Gasteiger partial charge is 0.185 e. The predicted molar refractivity (Wildman–Crippen MR) is 95.6 cm³/mol. The molecule has 1 N–H and O–H groups in total. The molecule has 0 atom stereocenters. The van der Waals surface area contributed by atoms with Gasteiger partial charge < -0.3 is 4.98 Å². The predicted octanol–water partition coefficient (Wildman–Crippen LogP) is 5.22. The van der Waals surface area contributed by atoms with Gasteiger partial charge in [-0.3, -0.25) is 4.79 Å². The van der Waals surface area contributed by atoms with Gasteiger partial charge in [0.2, 0.25) is 0 Å². The van der Waals surface area contributed by atoms with Gasteiger partial charge in [-0.05, 0) is 23.8 Å². The summed E-state index contributed by atoms with van der Waals surface area (Å²) in [6, 6.07) is 23.8. The summed E-state index contributed by atoms with van der Waals surface area (Å²) < 4.78 is 0. The molecule has 0 unspecified atom stereocenters. The first kappa shape index (κ1) is 13.5. The number of hydrogen-bond acceptors (Lipinski definition) is 1. The number of H-pyrrole nitrogens is 1. The van der Waals surface area contributed by atoms with E-state index in [9.17, 15) is 4.79 Å². The number of fused-ring (bicyclic) bond motifs is 3. The summed E-state index contributed by atoms with van der Waals surface area (Å²) in [6.45, 7) is 0. The Bertz CT molecular complexity index is 1030. The molecule has 23 heavy (non-hydrogen) atoms. The molecule has 0 spiro atoms. The van der Waals surface area contributed by atoms with Crippen LogP contribution < -0.4 is 0 Å². The number of ketones is 1. The maximum absolute atomic E-state index is 12.4. The number of nitrogens with one attached hydrogen (secondary N) is 1. The van der Waals surface area contributed by atoms with Gasteiger partial charge in [-0.25, -0.2) is 0 Å². The number of hydrogen-bond donors (Lipinski definition) is 1. The number of carbonyl (C=O) groups is 1. The Morgan fingerprint density at radius 2 is 1.52 bits per heavy atom. The van der Waals surface area contributed by atoms with E-state index in [-0.39, 0.29) is 5.78 Å². The van der Waals surface area contributed by atoms with Crippen molar-refractivity contribution >= 4 is 33.7 Å². The van der Waals surface area contributed by atoms with Crippen LogP contribution in [0.2, 0.25) is 0 Å². The maximum atomic E-state index is 12.4. The molecule has 0 saturated carbocycles. The van der Waals surface area contributed by atoms with Gasteiger partial charge in [0.25, 0.3) is 0 Å². The number of rotatable bonds is 3. The number of aromatic nitrogens is 1. The van der Waals surface area contributed by atoms with E-state index in [1.54, 1.807) is 6.08 Å². The highest BCUT2D eigenvalue weighted by molar-refractivity contribution is 6.12. The van der Waals surface area contributed by atoms with E-state index >= 15 is 0 Å². The van der Waals surface area contributed by atoms with Crippen LogP contribution in [0.15, 0.2) is 78.9 Å². The monoisotopic (exact) mass is 297 g/mol. The van der Waals surface area contributed by atoms with Gasteiger partial charge in [-0.2, -0.15) is 0 Å². The first-order valence-corrected chi connectivity index (χ1v) is 7.59. The molecule has 2 heteroatoms. The van der Waals surface area contributed by atoms with Crippen molar-refractivity contribution in [1.82, 2.24) is 4.98 Å². The zero-order valence-electron chi connectivity index (χ0n) is 12.5. The molecule has 0 aliphatic carbocycles. The Hall–Kier alpha value is -3.13. The van der Waals surface area contributed by atoms with Crippen molar-refractivity contribution in [2.45, 2.75) is 0 Å². The summed E-state index contributed by atoms with van der Waals surface area (Å²) in [5.74, 6) is 0.00871. The third-order valence-electron chi connectivity index (χ3n) is 4.02. The molecule has 0 aliphatic rings. The fourth-order valence-electron chi connectivity index (χ4n) is 2.84. The molecule has 0 aliphatic heterocycles. The van der Waals surface area contributed by atoms with Crippen LogP contribution in [0.4, 0.5) is 0 Å². The number of carbonyl (C=O) groups excluding carboxylic acids is 1. The normalized spacial score (nSPS) is 11.5. The zero-order chi connectivity index (χ0) is 15.6. The molecule has 2 nitrogen and oxygen atoms in total. The van der Waals surface area contributed by atoms with Crippen LogP contribution in [0.5, 0.6) is 0 Å². The van der Waals surface area contributed by atoms with E-state index in [2.05, 4.69) is 11.1 Å². The second-order valence-electron chi connectivity index (χ2n) is 5.54. The van der Waals surface area contributed by atoms with Crippen molar-refractivity contribution < 1.29 is 4.79 Å². The number of para-hydroxylation sites is 1. The standard InChI is InChI=1S/C21H15NO/c23-21(13-10-15-6-2-1-3-7-15)16-11-12-18-17-8-4-5-9-19(17)22-20(18)14-16/h1-14,22H/b13-10+. The maximum Gasteiger partial charge on any atom is 0.185 e. The Labute approximate surface area is 134 Å². The Morgan fingerprint density at radius 1 is 0.783 bits per heavy atom. The molecule has 0 bridgehead atoms. The zero-order valence-corrected chi connectivity index (χ0v) is 12.5. The van der Waals surface area contributed by atoms with Crippen molar-refractivity contribution in [1.29, 1.82) is 0 Å². The van der Waals surface area contributed by atoms with E-state index in [4.69, 9.17) is 0 Å². The van der Waals surface area contributed by atoms with E-state index < -0.39 is 0 Å². The second kappa shape index (κ2) is 5.58. The average Bonchev–Trinajstić information content (AvgIpc) is 2.98. The highest BCUT2D eigenvalue weighted by atomic mass is 16.1. The summed E-state index contributed by atoms with van der Waals surface area (Å²) in [5.41, 5.74) is 3.79. The SMILES string of the molecule is O=C(/C=C/c1ccccc1)c1ccc2c(c1)[nH]c1ccccc12. The fraction of sp³-hybridized carbons (Fsp3) is 0. The fourth-order valence-corrected chi connectivity index (χ4v) is 2.84. The second-order valence-corrected chi connectivity index (χ2v) is 5.54. The largest absolute Gasteiger partial charge is 0.354 e. The first-order valence-electron chi connectivity index (χ1n) is 7.59. The van der Waals surface area contributed by atoms with E-state index in [1.165, 1.54) is 5.39 Å². The lowest BCUT2D eigenvalue weighted by molar-refractivity contribution is 0.104. The van der Waals surface area contributed by atoms with E-state index in [1.807, 2.05) is 72.8 Å². The van der Waals surface area contributed by atoms with Crippen LogP contribution in [-0.2, 0) is 0 Å². The van der Waals surface area contributed by atoms with Gasteiger partial charge in [0.15, 0.2) is 5.78 Å². The average molecular weight is 297 g/mol. The van der Waals surface area contributed by atoms with E-state index in [0.29, 0.717) is 5.56 Å². The number of aromatic amines is 1. The first-order chi connectivity index (χ1) is 11.3. The molecule has 0 fully saturated rings. The molecule has 0 radical (unpaired) electrons. The molecular formula is C21H15NO. The summed E-state index contributed by atoms with van der Waals surface area (Å²) in [7, 11) is 0. The molecule has 1 aromatic heterocycles. The van der Waals surface area contributed by atoms with Crippen LogP contribution in [0, 0.1) is 0 Å². The summed E-state index contributed by atoms with van der Waals surface area (Å²) in [6.07, 6.45) is 3.47. The van der Waals surface area contributed by atoms with Gasteiger partial charge in [0, 0.05) is 27.4 Å².